The lowest BCUT2D eigenvalue weighted by atomic mass is 10.1. The zero-order valence-electron chi connectivity index (χ0n) is 12.0. The maximum atomic E-state index is 11.8. The molecule has 1 rings (SSSR count). The predicted octanol–water partition coefficient (Wildman–Crippen LogP) is 3.44. The van der Waals surface area contributed by atoms with E-state index in [4.69, 9.17) is 10.5 Å². The Morgan fingerprint density at radius 1 is 1.37 bits per heavy atom. The van der Waals surface area contributed by atoms with Crippen molar-refractivity contribution in [2.45, 2.75) is 46.1 Å². The predicted molar refractivity (Wildman–Crippen MR) is 79.4 cm³/mol. The molecule has 0 saturated heterocycles. The lowest BCUT2D eigenvalue weighted by Crippen LogP contribution is -2.19. The van der Waals surface area contributed by atoms with Crippen molar-refractivity contribution in [3.63, 3.8) is 0 Å². The second-order valence-corrected chi connectivity index (χ2v) is 4.53. The molecule has 3 N–H and O–H groups in total. The molecule has 0 aliphatic rings. The first-order valence-electron chi connectivity index (χ1n) is 6.96. The van der Waals surface area contributed by atoms with E-state index in [-0.39, 0.29) is 5.97 Å². The number of hydrogen-bond acceptors (Lipinski definition) is 4. The van der Waals surface area contributed by atoms with Crippen LogP contribution in [0.2, 0.25) is 0 Å². The molecule has 0 fully saturated rings. The Bertz CT molecular complexity index is 419. The minimum atomic E-state index is -0.368. The number of para-hydroxylation sites is 1. The highest BCUT2D eigenvalue weighted by molar-refractivity contribution is 5.98. The summed E-state index contributed by atoms with van der Waals surface area (Å²) in [5.41, 5.74) is 7.76. The Balaban J connectivity index is 2.90. The van der Waals surface area contributed by atoms with Crippen LogP contribution in [0.15, 0.2) is 18.2 Å². The molecular weight excluding hydrogens is 240 g/mol. The number of carbonyl (C=O) groups is 1. The number of benzene rings is 1. The third-order valence-electron chi connectivity index (χ3n) is 3.09. The van der Waals surface area contributed by atoms with Gasteiger partial charge in [0.2, 0.25) is 0 Å². The second-order valence-electron chi connectivity index (χ2n) is 4.53. The van der Waals surface area contributed by atoms with Gasteiger partial charge in [-0.05, 0) is 31.9 Å². The van der Waals surface area contributed by atoms with Gasteiger partial charge in [0.15, 0.2) is 0 Å². The molecule has 0 amide bonds. The molecule has 1 aromatic rings. The Labute approximate surface area is 115 Å². The van der Waals surface area contributed by atoms with Crippen molar-refractivity contribution in [2.75, 3.05) is 17.7 Å². The fourth-order valence-corrected chi connectivity index (χ4v) is 2.02. The molecule has 0 aliphatic carbocycles. The van der Waals surface area contributed by atoms with Gasteiger partial charge in [-0.1, -0.05) is 26.3 Å². The smallest absolute Gasteiger partial charge is 0.340 e. The fourth-order valence-electron chi connectivity index (χ4n) is 2.02. The number of carbonyl (C=O) groups excluding carboxylic acids is 1. The van der Waals surface area contributed by atoms with Crippen LogP contribution in [0.1, 0.15) is 50.4 Å². The van der Waals surface area contributed by atoms with Crippen molar-refractivity contribution in [3.05, 3.63) is 23.8 Å². The summed E-state index contributed by atoms with van der Waals surface area (Å²) in [5.74, 6) is -0.368. The second kappa shape index (κ2) is 7.67. The SMILES string of the molecule is CCCC(CC)Nc1cccc(C(=O)OCC)c1N. The Morgan fingerprint density at radius 2 is 2.11 bits per heavy atom. The van der Waals surface area contributed by atoms with E-state index >= 15 is 0 Å². The average Bonchev–Trinajstić information content (AvgIpc) is 2.40. The standard InChI is InChI=1S/C15H24N2O2/c1-4-8-11(5-2)17-13-10-7-9-12(14(13)16)15(18)19-6-3/h7,9-11,17H,4-6,8,16H2,1-3H3. The molecule has 0 saturated carbocycles. The summed E-state index contributed by atoms with van der Waals surface area (Å²) in [6, 6.07) is 5.80. The maximum absolute atomic E-state index is 11.8. The van der Waals surface area contributed by atoms with Gasteiger partial charge >= 0.3 is 5.97 Å². The third kappa shape index (κ3) is 4.16. The fraction of sp³-hybridized carbons (Fsp3) is 0.533. The molecule has 4 nitrogen and oxygen atoms in total. The van der Waals surface area contributed by atoms with E-state index in [1.807, 2.05) is 12.1 Å². The number of esters is 1. The minimum absolute atomic E-state index is 0.351. The molecule has 19 heavy (non-hydrogen) atoms. The normalized spacial score (nSPS) is 11.9. The largest absolute Gasteiger partial charge is 0.462 e. The van der Waals surface area contributed by atoms with Crippen LogP contribution in [0.3, 0.4) is 0 Å². The van der Waals surface area contributed by atoms with Gasteiger partial charge in [0.25, 0.3) is 0 Å². The molecule has 1 unspecified atom stereocenters. The van der Waals surface area contributed by atoms with Gasteiger partial charge in [-0.3, -0.25) is 0 Å². The first-order valence-corrected chi connectivity index (χ1v) is 6.96. The Kier molecular flexibility index (Phi) is 6.19. The highest BCUT2D eigenvalue weighted by atomic mass is 16.5. The van der Waals surface area contributed by atoms with Crippen LogP contribution >= 0.6 is 0 Å². The summed E-state index contributed by atoms with van der Waals surface area (Å²) in [6.07, 6.45) is 3.22. The van der Waals surface area contributed by atoms with E-state index in [1.54, 1.807) is 13.0 Å². The van der Waals surface area contributed by atoms with Crippen LogP contribution in [0, 0.1) is 0 Å². The molecule has 1 atom stereocenters. The molecule has 106 valence electrons. The van der Waals surface area contributed by atoms with Gasteiger partial charge in [-0.15, -0.1) is 0 Å². The van der Waals surface area contributed by atoms with Crippen LogP contribution in [0.4, 0.5) is 11.4 Å². The monoisotopic (exact) mass is 264 g/mol. The molecule has 1 aromatic carbocycles. The first kappa shape index (κ1) is 15.3. The highest BCUT2D eigenvalue weighted by Gasteiger charge is 2.15. The van der Waals surface area contributed by atoms with Crippen molar-refractivity contribution in [2.24, 2.45) is 0 Å². The van der Waals surface area contributed by atoms with Gasteiger partial charge in [0.1, 0.15) is 0 Å². The number of anilines is 2. The molecule has 0 heterocycles. The summed E-state index contributed by atoms with van der Waals surface area (Å²) < 4.78 is 5.00. The van der Waals surface area contributed by atoms with E-state index in [9.17, 15) is 4.79 Å². The summed E-state index contributed by atoms with van der Waals surface area (Å²) in [4.78, 5) is 11.8. The summed E-state index contributed by atoms with van der Waals surface area (Å²) >= 11 is 0. The third-order valence-corrected chi connectivity index (χ3v) is 3.09. The van der Waals surface area contributed by atoms with Gasteiger partial charge in [0.05, 0.1) is 23.5 Å². The van der Waals surface area contributed by atoms with Crippen LogP contribution in [-0.2, 0) is 4.74 Å². The zero-order valence-corrected chi connectivity index (χ0v) is 12.0. The van der Waals surface area contributed by atoms with Crippen molar-refractivity contribution in [1.82, 2.24) is 0 Å². The van der Waals surface area contributed by atoms with Crippen LogP contribution in [-0.4, -0.2) is 18.6 Å². The summed E-state index contributed by atoms with van der Waals surface area (Å²) in [5, 5.41) is 3.40. The minimum Gasteiger partial charge on any atom is -0.462 e. The quantitative estimate of drug-likeness (QED) is 0.585. The summed E-state index contributed by atoms with van der Waals surface area (Å²) in [6.45, 7) is 6.43. The van der Waals surface area contributed by atoms with Crippen LogP contribution < -0.4 is 11.1 Å². The molecule has 4 heteroatoms. The number of nitrogen functional groups attached to an aromatic ring is 1. The molecular formula is C15H24N2O2. The lowest BCUT2D eigenvalue weighted by Gasteiger charge is -2.19. The topological polar surface area (TPSA) is 64.3 Å². The van der Waals surface area contributed by atoms with Crippen molar-refractivity contribution >= 4 is 17.3 Å². The van der Waals surface area contributed by atoms with Crippen molar-refractivity contribution in [1.29, 1.82) is 0 Å². The number of hydrogen-bond donors (Lipinski definition) is 2. The number of nitrogens with two attached hydrogens (primary N) is 1. The number of nitrogens with one attached hydrogen (secondary N) is 1. The molecule has 0 aliphatic heterocycles. The Morgan fingerprint density at radius 3 is 2.68 bits per heavy atom. The average molecular weight is 264 g/mol. The van der Waals surface area contributed by atoms with E-state index in [1.165, 1.54) is 0 Å². The Hall–Kier alpha value is -1.71. The zero-order chi connectivity index (χ0) is 14.3. The first-order chi connectivity index (χ1) is 9.13. The maximum Gasteiger partial charge on any atom is 0.340 e. The molecule has 0 aromatic heterocycles. The van der Waals surface area contributed by atoms with E-state index in [0.717, 1.165) is 24.9 Å². The van der Waals surface area contributed by atoms with E-state index in [0.29, 0.717) is 23.9 Å². The van der Waals surface area contributed by atoms with Crippen LogP contribution in [0.5, 0.6) is 0 Å². The molecule has 0 bridgehead atoms. The van der Waals surface area contributed by atoms with Crippen LogP contribution in [0.25, 0.3) is 0 Å². The highest BCUT2D eigenvalue weighted by Crippen LogP contribution is 2.25. The number of ether oxygens (including phenoxy) is 1. The van der Waals surface area contributed by atoms with Crippen molar-refractivity contribution < 1.29 is 9.53 Å². The molecule has 0 spiro atoms. The van der Waals surface area contributed by atoms with Gasteiger partial charge in [-0.2, -0.15) is 0 Å². The van der Waals surface area contributed by atoms with E-state index < -0.39 is 0 Å². The van der Waals surface area contributed by atoms with E-state index in [2.05, 4.69) is 19.2 Å². The number of rotatable bonds is 7. The van der Waals surface area contributed by atoms with Gasteiger partial charge in [-0.25, -0.2) is 4.79 Å². The molecule has 0 radical (unpaired) electrons. The van der Waals surface area contributed by atoms with Gasteiger partial charge < -0.3 is 15.8 Å². The lowest BCUT2D eigenvalue weighted by molar-refractivity contribution is 0.0527. The summed E-state index contributed by atoms with van der Waals surface area (Å²) in [7, 11) is 0. The van der Waals surface area contributed by atoms with Crippen molar-refractivity contribution in [3.8, 4) is 0 Å². The van der Waals surface area contributed by atoms with Gasteiger partial charge in [0, 0.05) is 6.04 Å².